The summed E-state index contributed by atoms with van der Waals surface area (Å²) in [5.74, 6) is 1.68. The minimum absolute atomic E-state index is 0.139. The van der Waals surface area contributed by atoms with Crippen molar-refractivity contribution in [2.24, 2.45) is 0 Å². The zero-order valence-electron chi connectivity index (χ0n) is 11.4. The summed E-state index contributed by atoms with van der Waals surface area (Å²) in [5.41, 5.74) is 1.38. The van der Waals surface area contributed by atoms with Gasteiger partial charge in [0, 0.05) is 18.5 Å². The van der Waals surface area contributed by atoms with Crippen LogP contribution in [0.2, 0.25) is 0 Å². The maximum Gasteiger partial charge on any atom is 0.196 e. The summed E-state index contributed by atoms with van der Waals surface area (Å²) in [6.45, 7) is 9.44. The topological polar surface area (TPSA) is 38.1 Å². The van der Waals surface area contributed by atoms with Gasteiger partial charge in [0.2, 0.25) is 0 Å². The lowest BCUT2D eigenvalue weighted by Gasteiger charge is -2.19. The van der Waals surface area contributed by atoms with Gasteiger partial charge < -0.3 is 9.73 Å². The average Bonchev–Trinajstić information content (AvgIpc) is 2.84. The van der Waals surface area contributed by atoms with E-state index in [-0.39, 0.29) is 5.54 Å². The summed E-state index contributed by atoms with van der Waals surface area (Å²) in [6.07, 6.45) is 2.65. The maximum atomic E-state index is 5.78. The van der Waals surface area contributed by atoms with Crippen LogP contribution in [0.1, 0.15) is 32.2 Å². The second-order valence-corrected chi connectivity index (χ2v) is 6.39. The molecule has 1 N–H and O–H groups in total. The van der Waals surface area contributed by atoms with Gasteiger partial charge in [-0.15, -0.1) is 11.3 Å². The number of nitrogens with zero attached hydrogens (tertiary/aromatic N) is 1. The van der Waals surface area contributed by atoms with Gasteiger partial charge in [-0.3, -0.25) is 0 Å². The van der Waals surface area contributed by atoms with Gasteiger partial charge in [-0.1, -0.05) is 0 Å². The van der Waals surface area contributed by atoms with Crippen LogP contribution in [0.25, 0.3) is 10.6 Å². The first kappa shape index (κ1) is 13.3. The molecule has 0 saturated carbocycles. The summed E-state index contributed by atoms with van der Waals surface area (Å²) in [7, 11) is 0. The smallest absolute Gasteiger partial charge is 0.196 e. The first-order valence-corrected chi connectivity index (χ1v) is 7.08. The standard InChI is InChI=1S/C14H20N2OS/c1-10-6-8-18-13(10)11-9-15-12(17-11)5-7-16-14(2,3)4/h6,8-9,16H,5,7H2,1-4H3. The third-order valence-corrected chi connectivity index (χ3v) is 3.66. The largest absolute Gasteiger partial charge is 0.440 e. The molecule has 2 aromatic heterocycles. The van der Waals surface area contributed by atoms with Crippen LogP contribution < -0.4 is 5.32 Å². The predicted molar refractivity (Wildman–Crippen MR) is 76.0 cm³/mol. The van der Waals surface area contributed by atoms with Crippen molar-refractivity contribution >= 4 is 11.3 Å². The Morgan fingerprint density at radius 2 is 2.17 bits per heavy atom. The number of thiophene rings is 1. The number of oxazole rings is 1. The fourth-order valence-corrected chi connectivity index (χ4v) is 2.57. The van der Waals surface area contributed by atoms with E-state index in [0.717, 1.165) is 24.6 Å². The zero-order valence-corrected chi connectivity index (χ0v) is 12.2. The van der Waals surface area contributed by atoms with Gasteiger partial charge in [-0.25, -0.2) is 4.98 Å². The molecular formula is C14H20N2OS. The van der Waals surface area contributed by atoms with Gasteiger partial charge in [0.25, 0.3) is 0 Å². The van der Waals surface area contributed by atoms with E-state index in [1.165, 1.54) is 10.4 Å². The van der Waals surface area contributed by atoms with Gasteiger partial charge in [-0.2, -0.15) is 0 Å². The Bertz CT molecular complexity index is 508. The summed E-state index contributed by atoms with van der Waals surface area (Å²) in [4.78, 5) is 5.51. The van der Waals surface area contributed by atoms with E-state index in [2.05, 4.69) is 49.4 Å². The van der Waals surface area contributed by atoms with Crippen molar-refractivity contribution in [3.8, 4) is 10.6 Å². The molecule has 0 aliphatic rings. The van der Waals surface area contributed by atoms with E-state index in [1.807, 2.05) is 6.20 Å². The molecule has 0 atom stereocenters. The van der Waals surface area contributed by atoms with Crippen LogP contribution in [0.15, 0.2) is 22.1 Å². The molecule has 0 aromatic carbocycles. The summed E-state index contributed by atoms with van der Waals surface area (Å²) in [5, 5.41) is 5.51. The van der Waals surface area contributed by atoms with E-state index in [1.54, 1.807) is 11.3 Å². The fourth-order valence-electron chi connectivity index (χ4n) is 1.70. The van der Waals surface area contributed by atoms with Gasteiger partial charge >= 0.3 is 0 Å². The first-order chi connectivity index (χ1) is 8.46. The van der Waals surface area contributed by atoms with E-state index in [0.29, 0.717) is 0 Å². The van der Waals surface area contributed by atoms with Crippen molar-refractivity contribution in [2.45, 2.75) is 39.7 Å². The highest BCUT2D eigenvalue weighted by atomic mass is 32.1. The number of rotatable bonds is 4. The van der Waals surface area contributed by atoms with Crippen LogP contribution >= 0.6 is 11.3 Å². The van der Waals surface area contributed by atoms with E-state index < -0.39 is 0 Å². The van der Waals surface area contributed by atoms with Crippen molar-refractivity contribution in [3.05, 3.63) is 29.1 Å². The van der Waals surface area contributed by atoms with Crippen LogP contribution in [0.4, 0.5) is 0 Å². The fraction of sp³-hybridized carbons (Fsp3) is 0.500. The lowest BCUT2D eigenvalue weighted by Crippen LogP contribution is -2.37. The van der Waals surface area contributed by atoms with Crippen LogP contribution in [-0.2, 0) is 6.42 Å². The third kappa shape index (κ3) is 3.43. The Hall–Kier alpha value is -1.13. The molecule has 0 unspecified atom stereocenters. The van der Waals surface area contributed by atoms with Crippen LogP contribution in [0.3, 0.4) is 0 Å². The van der Waals surface area contributed by atoms with Gasteiger partial charge in [0.15, 0.2) is 11.7 Å². The van der Waals surface area contributed by atoms with Crippen molar-refractivity contribution < 1.29 is 4.42 Å². The molecule has 0 aliphatic heterocycles. The Morgan fingerprint density at radius 1 is 1.39 bits per heavy atom. The molecule has 2 heterocycles. The Morgan fingerprint density at radius 3 is 2.78 bits per heavy atom. The third-order valence-electron chi connectivity index (χ3n) is 2.63. The second kappa shape index (κ2) is 5.24. The number of hydrogen-bond donors (Lipinski definition) is 1. The van der Waals surface area contributed by atoms with Crippen molar-refractivity contribution in [3.63, 3.8) is 0 Å². The van der Waals surface area contributed by atoms with E-state index in [4.69, 9.17) is 4.42 Å². The molecule has 0 bridgehead atoms. The average molecular weight is 264 g/mol. The number of hydrogen-bond acceptors (Lipinski definition) is 4. The van der Waals surface area contributed by atoms with Gasteiger partial charge in [0.1, 0.15) is 0 Å². The zero-order chi connectivity index (χ0) is 13.2. The highest BCUT2D eigenvalue weighted by molar-refractivity contribution is 7.13. The molecule has 0 aliphatic carbocycles. The Labute approximate surface area is 112 Å². The van der Waals surface area contributed by atoms with Gasteiger partial charge in [-0.05, 0) is 44.7 Å². The molecule has 3 nitrogen and oxygen atoms in total. The Kier molecular flexibility index (Phi) is 3.88. The first-order valence-electron chi connectivity index (χ1n) is 6.20. The molecule has 98 valence electrons. The summed E-state index contributed by atoms with van der Waals surface area (Å²) in [6, 6.07) is 2.10. The molecular weight excluding hydrogens is 244 g/mol. The molecule has 4 heteroatoms. The minimum atomic E-state index is 0.139. The number of aromatic nitrogens is 1. The summed E-state index contributed by atoms with van der Waals surface area (Å²) < 4.78 is 5.78. The lowest BCUT2D eigenvalue weighted by atomic mass is 10.1. The van der Waals surface area contributed by atoms with Gasteiger partial charge in [0.05, 0.1) is 11.1 Å². The molecule has 0 amide bonds. The maximum absolute atomic E-state index is 5.78. The van der Waals surface area contributed by atoms with Crippen LogP contribution in [0.5, 0.6) is 0 Å². The molecule has 0 spiro atoms. The molecule has 0 saturated heterocycles. The second-order valence-electron chi connectivity index (χ2n) is 5.48. The van der Waals surface area contributed by atoms with Crippen molar-refractivity contribution in [2.75, 3.05) is 6.54 Å². The SMILES string of the molecule is Cc1ccsc1-c1cnc(CCNC(C)(C)C)o1. The predicted octanol–water partition coefficient (Wildman–Crippen LogP) is 3.64. The quantitative estimate of drug-likeness (QED) is 0.916. The van der Waals surface area contributed by atoms with E-state index >= 15 is 0 Å². The normalized spacial score (nSPS) is 12.0. The molecule has 0 radical (unpaired) electrons. The molecule has 18 heavy (non-hydrogen) atoms. The highest BCUT2D eigenvalue weighted by Gasteiger charge is 2.12. The highest BCUT2D eigenvalue weighted by Crippen LogP contribution is 2.29. The Balaban J connectivity index is 1.97. The van der Waals surface area contributed by atoms with E-state index in [9.17, 15) is 0 Å². The molecule has 2 aromatic rings. The summed E-state index contributed by atoms with van der Waals surface area (Å²) >= 11 is 1.69. The van der Waals surface area contributed by atoms with Crippen molar-refractivity contribution in [1.29, 1.82) is 0 Å². The molecule has 2 rings (SSSR count). The van der Waals surface area contributed by atoms with Crippen molar-refractivity contribution in [1.82, 2.24) is 10.3 Å². The monoisotopic (exact) mass is 264 g/mol. The van der Waals surface area contributed by atoms with Crippen LogP contribution in [0, 0.1) is 6.92 Å². The number of aryl methyl sites for hydroxylation is 1. The number of nitrogens with one attached hydrogen (secondary N) is 1. The lowest BCUT2D eigenvalue weighted by molar-refractivity contribution is 0.412. The molecule has 0 fully saturated rings. The minimum Gasteiger partial charge on any atom is -0.440 e. The van der Waals surface area contributed by atoms with Crippen LogP contribution in [-0.4, -0.2) is 17.1 Å².